The fourth-order valence-electron chi connectivity index (χ4n) is 3.69. The molecule has 4 aromatic rings. The number of ether oxygens (including phenoxy) is 1. The van der Waals surface area contributed by atoms with Crippen LogP contribution in [-0.2, 0) is 11.3 Å². The second kappa shape index (κ2) is 9.12. The molecule has 4 nitrogen and oxygen atoms in total. The number of hydrogen-bond acceptors (Lipinski definition) is 4. The van der Waals surface area contributed by atoms with Gasteiger partial charge in [0, 0.05) is 20.3 Å². The fourth-order valence-corrected chi connectivity index (χ4v) is 4.46. The topological polar surface area (TPSA) is 48.3 Å². The van der Waals surface area contributed by atoms with Crippen molar-refractivity contribution in [2.75, 3.05) is 13.4 Å². The third kappa shape index (κ3) is 4.18. The lowest BCUT2D eigenvalue weighted by molar-refractivity contribution is 0.0588. The Labute approximate surface area is 193 Å². The molecule has 0 spiro atoms. The molecule has 0 radical (unpaired) electrons. The van der Waals surface area contributed by atoms with E-state index in [0.717, 1.165) is 20.5 Å². The van der Waals surface area contributed by atoms with Crippen LogP contribution < -0.4 is 5.56 Å². The van der Waals surface area contributed by atoms with Gasteiger partial charge in [0.1, 0.15) is 5.69 Å². The average Bonchev–Trinajstić information content (AvgIpc) is 2.81. The van der Waals surface area contributed by atoms with Gasteiger partial charge in [0.25, 0.3) is 5.56 Å². The number of carbonyl (C=O) groups excluding carboxylic acids is 1. The number of methoxy groups -OCH3 is 1. The van der Waals surface area contributed by atoms with Gasteiger partial charge in [-0.3, -0.25) is 9.36 Å². The molecule has 0 aliphatic rings. The van der Waals surface area contributed by atoms with E-state index in [0.29, 0.717) is 16.3 Å². The lowest BCUT2D eigenvalue weighted by Gasteiger charge is -2.19. The average molecular weight is 494 g/mol. The zero-order valence-corrected chi connectivity index (χ0v) is 19.5. The molecule has 6 heteroatoms. The molecule has 1 heterocycles. The number of benzene rings is 3. The van der Waals surface area contributed by atoms with Gasteiger partial charge in [0.15, 0.2) is 0 Å². The van der Waals surface area contributed by atoms with Crippen molar-refractivity contribution in [1.82, 2.24) is 4.57 Å². The van der Waals surface area contributed by atoms with Crippen LogP contribution in [0.15, 0.2) is 87.0 Å². The van der Waals surface area contributed by atoms with E-state index < -0.39 is 5.97 Å². The highest BCUT2D eigenvalue weighted by Gasteiger charge is 2.24. The molecule has 0 unspecified atom stereocenters. The smallest absolute Gasteiger partial charge is 0.355 e. The van der Waals surface area contributed by atoms with Crippen LogP contribution in [0, 0.1) is 0 Å². The Morgan fingerprint density at radius 3 is 2.35 bits per heavy atom. The summed E-state index contributed by atoms with van der Waals surface area (Å²) in [5, 5.41) is 1.26. The van der Waals surface area contributed by atoms with Crippen molar-refractivity contribution in [2.45, 2.75) is 11.4 Å². The number of hydrogen-bond donors (Lipinski definition) is 0. The zero-order valence-electron chi connectivity index (χ0n) is 17.1. The minimum absolute atomic E-state index is 0.225. The minimum Gasteiger partial charge on any atom is -0.464 e. The van der Waals surface area contributed by atoms with Crippen LogP contribution in [-0.4, -0.2) is 23.9 Å². The Balaban J connectivity index is 2.07. The van der Waals surface area contributed by atoms with E-state index in [1.165, 1.54) is 11.7 Å². The summed E-state index contributed by atoms with van der Waals surface area (Å²) in [6.07, 6.45) is 2.02. The largest absolute Gasteiger partial charge is 0.464 e. The van der Waals surface area contributed by atoms with Gasteiger partial charge in [-0.15, -0.1) is 11.8 Å². The number of halogens is 1. The van der Waals surface area contributed by atoms with Crippen LogP contribution in [0.3, 0.4) is 0 Å². The number of pyridine rings is 1. The zero-order chi connectivity index (χ0) is 22.0. The Morgan fingerprint density at radius 2 is 1.71 bits per heavy atom. The molecule has 0 fully saturated rings. The lowest BCUT2D eigenvalue weighted by atomic mass is 9.96. The van der Waals surface area contributed by atoms with Gasteiger partial charge < -0.3 is 4.74 Å². The van der Waals surface area contributed by atoms with E-state index in [1.54, 1.807) is 17.8 Å². The molecule has 0 aliphatic carbocycles. The van der Waals surface area contributed by atoms with Gasteiger partial charge >= 0.3 is 5.97 Å². The first kappa shape index (κ1) is 21.4. The number of rotatable bonds is 5. The first-order valence-electron chi connectivity index (χ1n) is 9.66. The molecular weight excluding hydrogens is 474 g/mol. The summed E-state index contributed by atoms with van der Waals surface area (Å²) >= 11 is 5.16. The normalized spacial score (nSPS) is 10.9. The number of fused-ring (bicyclic) bond motifs is 1. The van der Waals surface area contributed by atoms with Crippen LogP contribution in [0.25, 0.3) is 21.9 Å². The van der Waals surface area contributed by atoms with Crippen molar-refractivity contribution in [3.8, 4) is 11.1 Å². The third-order valence-electron chi connectivity index (χ3n) is 5.17. The van der Waals surface area contributed by atoms with E-state index in [1.807, 2.05) is 73.0 Å². The number of nitrogens with zero attached hydrogens (tertiary/aromatic N) is 1. The molecule has 0 saturated heterocycles. The van der Waals surface area contributed by atoms with Gasteiger partial charge in [-0.2, -0.15) is 0 Å². The summed E-state index contributed by atoms with van der Waals surface area (Å²) in [6.45, 7) is 0.268. The maximum Gasteiger partial charge on any atom is 0.355 e. The molecule has 3 aromatic carbocycles. The Morgan fingerprint density at radius 1 is 1.00 bits per heavy atom. The van der Waals surface area contributed by atoms with Gasteiger partial charge in [-0.05, 0) is 53.1 Å². The van der Waals surface area contributed by atoms with Gasteiger partial charge in [-0.1, -0.05) is 58.4 Å². The van der Waals surface area contributed by atoms with Crippen molar-refractivity contribution in [3.63, 3.8) is 0 Å². The lowest BCUT2D eigenvalue weighted by Crippen LogP contribution is -2.28. The highest BCUT2D eigenvalue weighted by atomic mass is 79.9. The molecule has 0 N–H and O–H groups in total. The monoisotopic (exact) mass is 493 g/mol. The molecule has 31 heavy (non-hydrogen) atoms. The van der Waals surface area contributed by atoms with E-state index in [4.69, 9.17) is 4.74 Å². The summed E-state index contributed by atoms with van der Waals surface area (Å²) in [5.41, 5.74) is 2.48. The Kier molecular flexibility index (Phi) is 6.30. The molecular formula is C25H20BrNO3S. The van der Waals surface area contributed by atoms with Crippen molar-refractivity contribution < 1.29 is 9.53 Å². The predicted molar refractivity (Wildman–Crippen MR) is 130 cm³/mol. The van der Waals surface area contributed by atoms with Crippen LogP contribution >= 0.6 is 27.7 Å². The van der Waals surface area contributed by atoms with E-state index in [9.17, 15) is 9.59 Å². The molecule has 0 aliphatic heterocycles. The fraction of sp³-hybridized carbons (Fsp3) is 0.120. The number of carbonyl (C=O) groups is 1. The van der Waals surface area contributed by atoms with Gasteiger partial charge in [0.2, 0.25) is 0 Å². The van der Waals surface area contributed by atoms with Gasteiger partial charge in [0.05, 0.1) is 13.7 Å². The standard InChI is InChI=1S/C25H20BrNO3S/c1-30-25(29)23-22(17-6-4-3-5-7-17)21-14-18(26)10-13-20(21)24(28)27(23)15-16-8-11-19(31-2)12-9-16/h3-14H,15H2,1-2H3. The maximum atomic E-state index is 13.5. The van der Waals surface area contributed by atoms with Crippen LogP contribution in [0.4, 0.5) is 0 Å². The van der Waals surface area contributed by atoms with Crippen LogP contribution in [0.2, 0.25) is 0 Å². The van der Waals surface area contributed by atoms with E-state index in [2.05, 4.69) is 15.9 Å². The second-order valence-electron chi connectivity index (χ2n) is 7.01. The Bertz CT molecular complexity index is 1310. The summed E-state index contributed by atoms with van der Waals surface area (Å²) in [7, 11) is 1.34. The second-order valence-corrected chi connectivity index (χ2v) is 8.81. The quantitative estimate of drug-likeness (QED) is 0.253. The highest BCUT2D eigenvalue weighted by molar-refractivity contribution is 9.10. The molecule has 1 aromatic heterocycles. The van der Waals surface area contributed by atoms with Crippen molar-refractivity contribution >= 4 is 44.4 Å². The van der Waals surface area contributed by atoms with E-state index in [-0.39, 0.29) is 17.8 Å². The molecule has 0 atom stereocenters. The first-order valence-corrected chi connectivity index (χ1v) is 11.7. The van der Waals surface area contributed by atoms with Crippen molar-refractivity contribution in [3.05, 3.63) is 98.9 Å². The number of esters is 1. The molecule has 0 saturated carbocycles. The SMILES string of the molecule is COC(=O)c1c(-c2ccccc2)c2cc(Br)ccc2c(=O)n1Cc1ccc(SC)cc1. The van der Waals surface area contributed by atoms with E-state index >= 15 is 0 Å². The predicted octanol–water partition coefficient (Wildman–Crippen LogP) is 5.99. The molecule has 0 bridgehead atoms. The third-order valence-corrected chi connectivity index (χ3v) is 6.41. The number of thioether (sulfide) groups is 1. The van der Waals surface area contributed by atoms with Crippen LogP contribution in [0.5, 0.6) is 0 Å². The summed E-state index contributed by atoms with van der Waals surface area (Å²) in [6, 6.07) is 23.1. The van der Waals surface area contributed by atoms with Gasteiger partial charge in [-0.25, -0.2) is 4.79 Å². The summed E-state index contributed by atoms with van der Waals surface area (Å²) in [5.74, 6) is -0.543. The molecule has 4 rings (SSSR count). The first-order chi connectivity index (χ1) is 15.0. The van der Waals surface area contributed by atoms with Crippen molar-refractivity contribution in [2.24, 2.45) is 0 Å². The Hall–Kier alpha value is -2.83. The van der Waals surface area contributed by atoms with Crippen LogP contribution in [0.1, 0.15) is 16.1 Å². The van der Waals surface area contributed by atoms with Crippen molar-refractivity contribution in [1.29, 1.82) is 0 Å². The highest BCUT2D eigenvalue weighted by Crippen LogP contribution is 2.33. The molecule has 156 valence electrons. The minimum atomic E-state index is -0.543. The maximum absolute atomic E-state index is 13.5. The summed E-state index contributed by atoms with van der Waals surface area (Å²) < 4.78 is 7.49. The number of aromatic nitrogens is 1. The summed E-state index contributed by atoms with van der Waals surface area (Å²) in [4.78, 5) is 27.7. The molecule has 0 amide bonds.